The molecule has 0 radical (unpaired) electrons. The monoisotopic (exact) mass is 1210 g/mol. The van der Waals surface area contributed by atoms with Crippen LogP contribution in [0.4, 0.5) is 11.4 Å². The average molecular weight is 1210 g/mol. The lowest BCUT2D eigenvalue weighted by molar-refractivity contribution is -0.0512. The van der Waals surface area contributed by atoms with Gasteiger partial charge in [-0.05, 0) is 184 Å². The van der Waals surface area contributed by atoms with E-state index in [1.165, 1.54) is 22.3 Å². The molecule has 12 rings (SSSR count). The fraction of sp³-hybridized carbons (Fsp3) is 0.567. The quantitative estimate of drug-likeness (QED) is 0.107. The van der Waals surface area contributed by atoms with Gasteiger partial charge in [0.15, 0.2) is 0 Å². The van der Waals surface area contributed by atoms with Crippen molar-refractivity contribution < 1.29 is 66.5 Å². The van der Waals surface area contributed by atoms with Gasteiger partial charge >= 0.3 is 0 Å². The van der Waals surface area contributed by atoms with E-state index in [4.69, 9.17) is 32.7 Å². The van der Waals surface area contributed by atoms with Crippen LogP contribution in [0.2, 0.25) is 10.0 Å². The van der Waals surface area contributed by atoms with Gasteiger partial charge in [-0.15, -0.1) is 0 Å². The molecule has 82 heavy (non-hydrogen) atoms. The summed E-state index contributed by atoms with van der Waals surface area (Å²) in [5, 5.41) is 65.4. The summed E-state index contributed by atoms with van der Waals surface area (Å²) in [6, 6.07) is 22.1. The van der Waals surface area contributed by atoms with Crippen LogP contribution in [0.25, 0.3) is 0 Å². The first-order valence-corrected chi connectivity index (χ1v) is 32.9. The second kappa shape index (κ2) is 23.6. The minimum Gasteiger partial charge on any atom is -0.490 e. The highest BCUT2D eigenvalue weighted by Gasteiger charge is 2.47. The van der Waals surface area contributed by atoms with E-state index in [1.807, 2.05) is 24.3 Å². The van der Waals surface area contributed by atoms with Gasteiger partial charge in [-0.2, -0.15) is 0 Å². The number of sulfonamides is 2. The Kier molecular flexibility index (Phi) is 17.0. The second-order valence-corrected chi connectivity index (χ2v) is 29.1. The molecule has 0 saturated heterocycles. The number of halogens is 2. The summed E-state index contributed by atoms with van der Waals surface area (Å²) < 4.78 is 67.8. The molecule has 22 heteroatoms. The van der Waals surface area contributed by atoms with Gasteiger partial charge in [0.25, 0.3) is 11.8 Å². The predicted octanol–water partition coefficient (Wildman–Crippen LogP) is 5.55. The Morgan fingerprint density at radius 1 is 0.512 bits per heavy atom. The fourth-order valence-corrected chi connectivity index (χ4v) is 16.8. The number of rotatable bonds is 0. The fourth-order valence-electron chi connectivity index (χ4n) is 14.3. The van der Waals surface area contributed by atoms with Gasteiger partial charge in [-0.3, -0.25) is 9.59 Å². The molecule has 12 atom stereocenters. The number of nitrogens with zero attached hydrogens (tertiary/aromatic N) is 2. The van der Waals surface area contributed by atoms with Gasteiger partial charge in [0.1, 0.15) is 11.5 Å². The molecule has 4 heterocycles. The van der Waals surface area contributed by atoms with Crippen molar-refractivity contribution in [1.29, 1.82) is 0 Å². The molecule has 444 valence electrons. The van der Waals surface area contributed by atoms with Crippen molar-refractivity contribution in [1.82, 2.24) is 9.44 Å². The number of amides is 2. The van der Waals surface area contributed by atoms with Gasteiger partial charge < -0.3 is 49.9 Å². The van der Waals surface area contributed by atoms with Crippen LogP contribution in [0.1, 0.15) is 120 Å². The number of ether oxygens (including phenoxy) is 2. The zero-order valence-corrected chi connectivity index (χ0v) is 48.8. The first-order chi connectivity index (χ1) is 39.1. The lowest BCUT2D eigenvalue weighted by Crippen LogP contribution is -2.50. The molecule has 8 aliphatic rings. The van der Waals surface area contributed by atoms with E-state index >= 15 is 0 Å². The standard InChI is InChI=1S/2C30H37ClN2O7S/c2*31-21-5-7-23-18(12-21)2-1-10-30(23)16-33-15-20-3-6-22(20)26(35)14-27(36)25(34)9-11-41(38,39)32-29(37)19-4-8-28(40-17-30)24(33)13-19/h2*4-5,7-8,12-13,20,22,25-27,34-36H,1-3,6,9-11,14-17H2,(H,32,37)/t20-,22+,25+,26-,27-,30-;20-,22+,25-,26-,27+,30-/m00/s1. The summed E-state index contributed by atoms with van der Waals surface area (Å²) in [5.41, 5.74) is 6.01. The number of hydrogen-bond acceptors (Lipinski definition) is 16. The van der Waals surface area contributed by atoms with Crippen molar-refractivity contribution in [2.24, 2.45) is 23.7 Å². The summed E-state index contributed by atoms with van der Waals surface area (Å²) in [6.07, 6.45) is 1.60. The first kappa shape index (κ1) is 59.0. The summed E-state index contributed by atoms with van der Waals surface area (Å²) in [5.74, 6) is -1.21. The number of carbonyl (C=O) groups excluding carboxylic acids is 2. The van der Waals surface area contributed by atoms with Crippen molar-refractivity contribution in [3.63, 3.8) is 0 Å². The van der Waals surface area contributed by atoms with Crippen LogP contribution >= 0.6 is 23.2 Å². The van der Waals surface area contributed by atoms with Crippen LogP contribution in [0.5, 0.6) is 11.5 Å². The van der Waals surface area contributed by atoms with Crippen LogP contribution in [-0.4, -0.2) is 147 Å². The number of anilines is 2. The number of fused-ring (bicyclic) bond motifs is 8. The number of benzene rings is 4. The van der Waals surface area contributed by atoms with Crippen LogP contribution in [-0.2, 0) is 43.7 Å². The molecule has 4 aromatic carbocycles. The maximum Gasteiger partial charge on any atom is 0.264 e. The van der Waals surface area contributed by atoms with Gasteiger partial charge in [0, 0.05) is 71.0 Å². The molecule has 2 saturated carbocycles. The van der Waals surface area contributed by atoms with Crippen molar-refractivity contribution in [2.75, 3.05) is 60.7 Å². The highest BCUT2D eigenvalue weighted by molar-refractivity contribution is 7.90. The first-order valence-electron chi connectivity index (χ1n) is 28.9. The summed E-state index contributed by atoms with van der Waals surface area (Å²) in [4.78, 5) is 30.7. The Labute approximate surface area is 489 Å². The lowest BCUT2D eigenvalue weighted by Gasteiger charge is -2.46. The predicted molar refractivity (Wildman–Crippen MR) is 310 cm³/mol. The van der Waals surface area contributed by atoms with Gasteiger partial charge in [-0.1, -0.05) is 35.3 Å². The molecule has 2 spiro atoms. The molecule has 8 N–H and O–H groups in total. The molecular weight excluding hydrogens is 1140 g/mol. The number of carbonyl (C=O) groups is 2. The number of aryl methyl sites for hydroxylation is 2. The molecule has 2 amide bonds. The Morgan fingerprint density at radius 2 is 0.927 bits per heavy atom. The Balaban J connectivity index is 0.000000172. The number of aliphatic hydroxyl groups excluding tert-OH is 6. The van der Waals surface area contributed by atoms with Gasteiger partial charge in [-0.25, -0.2) is 26.3 Å². The third-order valence-corrected chi connectivity index (χ3v) is 22.2. The molecule has 0 aromatic heterocycles. The molecule has 4 aromatic rings. The van der Waals surface area contributed by atoms with E-state index in [1.54, 1.807) is 36.4 Å². The van der Waals surface area contributed by atoms with Crippen molar-refractivity contribution in [3.8, 4) is 11.5 Å². The maximum absolute atomic E-state index is 13.1. The summed E-state index contributed by atoms with van der Waals surface area (Å²) in [6.45, 7) is 3.35. The average Bonchev–Trinajstić information content (AvgIpc) is 3.69. The zero-order valence-electron chi connectivity index (χ0n) is 45.7. The third kappa shape index (κ3) is 12.4. The van der Waals surface area contributed by atoms with Crippen LogP contribution in [0, 0.1) is 23.7 Å². The molecule has 18 nitrogen and oxygen atoms in total. The molecule has 4 aliphatic carbocycles. The Bertz CT molecular complexity index is 3090. The normalized spacial score (nSPS) is 33.4. The molecular formula is C60H74Cl2N4O14S2. The summed E-state index contributed by atoms with van der Waals surface area (Å²) >= 11 is 12.7. The zero-order chi connectivity index (χ0) is 57.9. The minimum absolute atomic E-state index is 0.0450. The molecule has 4 aliphatic heterocycles. The van der Waals surface area contributed by atoms with E-state index in [0.29, 0.717) is 60.9 Å². The molecule has 4 bridgehead atoms. The highest BCUT2D eigenvalue weighted by Crippen LogP contribution is 2.49. The van der Waals surface area contributed by atoms with Crippen LogP contribution in [0.3, 0.4) is 0 Å². The maximum atomic E-state index is 13.1. The number of aliphatic hydroxyl groups is 6. The highest BCUT2D eigenvalue weighted by atomic mass is 35.5. The molecule has 0 unspecified atom stereocenters. The second-order valence-electron chi connectivity index (χ2n) is 24.5. The lowest BCUT2D eigenvalue weighted by atomic mass is 9.68. The third-order valence-electron chi connectivity index (χ3n) is 19.2. The van der Waals surface area contributed by atoms with E-state index in [2.05, 4.69) is 31.4 Å². The topological polar surface area (TPSA) is 273 Å². The van der Waals surface area contributed by atoms with Crippen molar-refractivity contribution in [2.45, 2.75) is 137 Å². The smallest absolute Gasteiger partial charge is 0.264 e. The molecule has 2 fully saturated rings. The SMILES string of the molecule is O=C1NS(=O)(=O)CC[C@@H](O)[C@@H](O)C[C@H](O)[C@@H]2CC[C@H]2CN2C[C@@]3(CCCc4cc(Cl)ccc43)COc3ccc1cc32.O=C1NS(=O)(=O)CC[C@H](O)[C@H](O)C[C@H](O)[C@@H]2CC[C@H]2CN2C[C@@]3(CCCc4cc(Cl)ccc43)COc3ccc1cc32. The van der Waals surface area contributed by atoms with Gasteiger partial charge in [0.2, 0.25) is 20.0 Å². The van der Waals surface area contributed by atoms with Crippen molar-refractivity contribution in [3.05, 3.63) is 116 Å². The minimum atomic E-state index is -4.08. The number of nitrogens with one attached hydrogen (secondary N) is 2. The largest absolute Gasteiger partial charge is 0.490 e. The van der Waals surface area contributed by atoms with E-state index in [-0.39, 0.29) is 71.3 Å². The Hall–Kier alpha value is -4.74. The summed E-state index contributed by atoms with van der Waals surface area (Å²) in [7, 11) is -8.15. The van der Waals surface area contributed by atoms with Gasteiger partial charge in [0.05, 0.1) is 72.7 Å². The Morgan fingerprint density at radius 3 is 1.32 bits per heavy atom. The van der Waals surface area contributed by atoms with Crippen molar-refractivity contribution >= 4 is 66.4 Å². The van der Waals surface area contributed by atoms with E-state index < -0.39 is 80.0 Å². The number of hydrogen-bond donors (Lipinski definition) is 8. The van der Waals surface area contributed by atoms with E-state index in [9.17, 15) is 57.1 Å². The van der Waals surface area contributed by atoms with E-state index in [0.717, 1.165) is 75.6 Å². The van der Waals surface area contributed by atoms with Crippen LogP contribution < -0.4 is 28.7 Å². The van der Waals surface area contributed by atoms with Crippen LogP contribution in [0.15, 0.2) is 72.8 Å².